The number of ether oxygens (including phenoxy) is 1. The monoisotopic (exact) mass is 753 g/mol. The maximum absolute atomic E-state index is 13.8. The third kappa shape index (κ3) is 10.0. The zero-order valence-electron chi connectivity index (χ0n) is 33.1. The summed E-state index contributed by atoms with van der Waals surface area (Å²) in [6.45, 7) is 10.2. The number of benzene rings is 1. The molecular formula is C44H59N5O4S. The van der Waals surface area contributed by atoms with Crippen LogP contribution in [0.3, 0.4) is 0 Å². The van der Waals surface area contributed by atoms with Gasteiger partial charge in [0.05, 0.1) is 10.8 Å². The molecule has 1 saturated carbocycles. The normalized spacial score (nSPS) is 21.3. The smallest absolute Gasteiger partial charge is 0.312 e. The highest BCUT2D eigenvalue weighted by molar-refractivity contribution is 7.14. The molecule has 0 spiro atoms. The van der Waals surface area contributed by atoms with Gasteiger partial charge in [0.1, 0.15) is 12.6 Å². The Kier molecular flexibility index (Phi) is 13.1. The van der Waals surface area contributed by atoms with Gasteiger partial charge < -0.3 is 19.9 Å². The Hall–Kier alpha value is -3.89. The number of amides is 2. The van der Waals surface area contributed by atoms with Crippen LogP contribution in [-0.2, 0) is 26.2 Å². The predicted molar refractivity (Wildman–Crippen MR) is 216 cm³/mol. The molecule has 2 aromatic heterocycles. The highest BCUT2D eigenvalue weighted by atomic mass is 32.1. The second-order valence-corrected chi connectivity index (χ2v) is 18.1. The molecule has 1 aromatic carbocycles. The lowest BCUT2D eigenvalue weighted by molar-refractivity contribution is -0.159. The van der Waals surface area contributed by atoms with Crippen molar-refractivity contribution >= 4 is 34.7 Å². The largest absolute Gasteiger partial charge is 0.464 e. The minimum atomic E-state index is -0.792. The molecule has 9 nitrogen and oxygen atoms in total. The molecule has 0 radical (unpaired) electrons. The number of hydrogen-bond acceptors (Lipinski definition) is 8. The molecule has 0 bridgehead atoms. The molecule has 10 heteroatoms. The van der Waals surface area contributed by atoms with Crippen LogP contribution in [0.1, 0.15) is 105 Å². The highest BCUT2D eigenvalue weighted by Gasteiger charge is 2.40. The van der Waals surface area contributed by atoms with Crippen LogP contribution in [0.5, 0.6) is 0 Å². The van der Waals surface area contributed by atoms with Gasteiger partial charge in [0, 0.05) is 54.5 Å². The summed E-state index contributed by atoms with van der Waals surface area (Å²) >= 11 is 1.45. The maximum Gasteiger partial charge on any atom is 0.312 e. The van der Waals surface area contributed by atoms with Crippen LogP contribution in [-0.4, -0.2) is 83.9 Å². The predicted octanol–water partition coefficient (Wildman–Crippen LogP) is 7.81. The lowest BCUT2D eigenvalue weighted by Crippen LogP contribution is -2.59. The first kappa shape index (κ1) is 39.8. The zero-order chi connectivity index (χ0) is 38.4. The van der Waals surface area contributed by atoms with E-state index in [-0.39, 0.29) is 42.2 Å². The minimum Gasteiger partial charge on any atom is -0.464 e. The summed E-state index contributed by atoms with van der Waals surface area (Å²) in [5.74, 6) is 2.18. The summed E-state index contributed by atoms with van der Waals surface area (Å²) < 4.78 is 5.41. The van der Waals surface area contributed by atoms with Crippen molar-refractivity contribution in [3.8, 4) is 11.4 Å². The van der Waals surface area contributed by atoms with Crippen LogP contribution in [0.2, 0.25) is 0 Å². The Morgan fingerprint density at radius 1 is 0.944 bits per heavy atom. The van der Waals surface area contributed by atoms with E-state index < -0.39 is 6.04 Å². The van der Waals surface area contributed by atoms with Crippen molar-refractivity contribution < 1.29 is 19.1 Å². The first-order valence-electron chi connectivity index (χ1n) is 20.0. The molecule has 54 heavy (non-hydrogen) atoms. The van der Waals surface area contributed by atoms with Gasteiger partial charge in [-0.15, -0.1) is 11.3 Å². The Morgan fingerprint density at radius 3 is 2.24 bits per heavy atom. The summed E-state index contributed by atoms with van der Waals surface area (Å²) in [5.41, 5.74) is 4.18. The molecule has 1 saturated heterocycles. The molecule has 2 fully saturated rings. The fraction of sp³-hybridized carbons (Fsp3) is 0.568. The second-order valence-electron chi connectivity index (χ2n) is 17.0. The van der Waals surface area contributed by atoms with Crippen molar-refractivity contribution in [2.45, 2.75) is 96.9 Å². The van der Waals surface area contributed by atoms with E-state index in [1.54, 1.807) is 4.90 Å². The van der Waals surface area contributed by atoms with Gasteiger partial charge >= 0.3 is 5.97 Å². The van der Waals surface area contributed by atoms with Gasteiger partial charge in [-0.2, -0.15) is 0 Å². The first-order valence-corrected chi connectivity index (χ1v) is 20.8. The summed E-state index contributed by atoms with van der Waals surface area (Å²) in [7, 11) is 3.85. The molecular weight excluding hydrogens is 695 g/mol. The minimum absolute atomic E-state index is 0.0816. The van der Waals surface area contributed by atoms with E-state index in [1.165, 1.54) is 55.4 Å². The number of likely N-dealkylation sites (tertiary alicyclic amines) is 1. The van der Waals surface area contributed by atoms with E-state index in [4.69, 9.17) is 14.7 Å². The molecule has 2 atom stereocenters. The molecule has 2 amide bonds. The Bertz CT molecular complexity index is 1760. The molecule has 3 aliphatic rings. The second kappa shape index (κ2) is 17.7. The number of nitrogens with one attached hydrogen (secondary N) is 1. The standard InChI is InChI=1S/C44H59N5O4S/c1-7-29-8-12-31(13-9-29)32-16-18-33(19-17-32)35-25-45-40(46-26-35)34-14-10-30(11-15-34)24-37(47-41(50)38-20-21-39(54-38)44(2,3)4)42(51)49-27-36(28-49)43(52)53-23-22-48(5)6/h10-11,14-15,18,20-21,25-26,29,31-32,36-37H,7-9,12-13,16-17,19,22-24,27-28H2,1-6H3,(H,47,50). The van der Waals surface area contributed by atoms with Gasteiger partial charge in [-0.25, -0.2) is 9.97 Å². The number of allylic oxidation sites excluding steroid dienone is 2. The van der Waals surface area contributed by atoms with Gasteiger partial charge in [-0.3, -0.25) is 14.4 Å². The lowest BCUT2D eigenvalue weighted by atomic mass is 9.71. The van der Waals surface area contributed by atoms with Gasteiger partial charge in [-0.05, 0) is 92.6 Å². The Balaban J connectivity index is 1.08. The SMILES string of the molecule is CCC1CCC(C2CC=C(c3cnc(-c4ccc(CC(NC(=O)c5ccc(C(C)(C)C)s5)C(=O)N5CC(C(=O)OCCN(C)C)C5)cc4)nc3)CC2)CC1. The van der Waals surface area contributed by atoms with Gasteiger partial charge in [0.2, 0.25) is 5.91 Å². The van der Waals surface area contributed by atoms with Crippen LogP contribution in [0, 0.1) is 23.7 Å². The van der Waals surface area contributed by atoms with Crippen molar-refractivity contribution in [3.05, 3.63) is 75.7 Å². The van der Waals surface area contributed by atoms with E-state index in [0.717, 1.165) is 52.2 Å². The quantitative estimate of drug-likeness (QED) is 0.178. The third-order valence-electron chi connectivity index (χ3n) is 11.7. The molecule has 3 aromatic rings. The third-order valence-corrected chi connectivity index (χ3v) is 13.3. The average Bonchev–Trinajstić information content (AvgIpc) is 3.66. The van der Waals surface area contributed by atoms with Crippen molar-refractivity contribution in [3.63, 3.8) is 0 Å². The van der Waals surface area contributed by atoms with E-state index >= 15 is 0 Å². The Morgan fingerprint density at radius 2 is 1.65 bits per heavy atom. The van der Waals surface area contributed by atoms with Crippen molar-refractivity contribution in [1.82, 2.24) is 25.1 Å². The van der Waals surface area contributed by atoms with E-state index in [0.29, 0.717) is 30.3 Å². The number of rotatable bonds is 13. The number of thiophene rings is 1. The summed E-state index contributed by atoms with van der Waals surface area (Å²) in [6.07, 6.45) is 17.1. The van der Waals surface area contributed by atoms with E-state index in [1.807, 2.05) is 67.8 Å². The lowest BCUT2D eigenvalue weighted by Gasteiger charge is -2.39. The summed E-state index contributed by atoms with van der Waals surface area (Å²) in [6, 6.07) is 10.9. The van der Waals surface area contributed by atoms with E-state index in [9.17, 15) is 14.4 Å². The highest BCUT2D eigenvalue weighted by Crippen LogP contribution is 2.41. The summed E-state index contributed by atoms with van der Waals surface area (Å²) in [4.78, 5) is 54.6. The number of esters is 1. The number of carbonyl (C=O) groups is 3. The molecule has 6 rings (SSSR count). The molecule has 3 heterocycles. The average molecular weight is 754 g/mol. The fourth-order valence-corrected chi connectivity index (χ4v) is 9.02. The molecule has 2 unspecified atom stereocenters. The fourth-order valence-electron chi connectivity index (χ4n) is 8.05. The van der Waals surface area contributed by atoms with Gasteiger partial charge in [0.25, 0.3) is 5.91 Å². The topological polar surface area (TPSA) is 105 Å². The maximum atomic E-state index is 13.8. The van der Waals surface area contributed by atoms with Crippen molar-refractivity contribution in [1.29, 1.82) is 0 Å². The van der Waals surface area contributed by atoms with Crippen LogP contribution in [0.15, 0.2) is 54.9 Å². The molecule has 1 aliphatic heterocycles. The molecule has 1 N–H and O–H groups in total. The number of hydrogen-bond donors (Lipinski definition) is 1. The number of carbonyl (C=O) groups excluding carboxylic acids is 3. The van der Waals surface area contributed by atoms with E-state index in [2.05, 4.69) is 39.1 Å². The van der Waals surface area contributed by atoms with Gasteiger partial charge in [-0.1, -0.05) is 77.3 Å². The van der Waals surface area contributed by atoms with Crippen LogP contribution in [0.4, 0.5) is 0 Å². The molecule has 2 aliphatic carbocycles. The molecule has 290 valence electrons. The van der Waals surface area contributed by atoms with Gasteiger partial charge in [0.15, 0.2) is 5.82 Å². The van der Waals surface area contributed by atoms with Crippen LogP contribution >= 0.6 is 11.3 Å². The number of nitrogens with zero attached hydrogens (tertiary/aromatic N) is 4. The number of likely N-dealkylation sites (N-methyl/N-ethyl adjacent to an activating group) is 1. The number of aromatic nitrogens is 2. The Labute approximate surface area is 326 Å². The summed E-state index contributed by atoms with van der Waals surface area (Å²) in [5, 5.41) is 3.02. The zero-order valence-corrected chi connectivity index (χ0v) is 33.9. The van der Waals surface area contributed by atoms with Crippen LogP contribution in [0.25, 0.3) is 17.0 Å². The van der Waals surface area contributed by atoms with Crippen LogP contribution < -0.4 is 5.32 Å². The van der Waals surface area contributed by atoms with Crippen molar-refractivity contribution in [2.75, 3.05) is 40.3 Å². The van der Waals surface area contributed by atoms with Crippen molar-refractivity contribution in [2.24, 2.45) is 23.7 Å². The first-order chi connectivity index (χ1) is 25.9.